The van der Waals surface area contributed by atoms with E-state index in [-0.39, 0.29) is 30.0 Å². The van der Waals surface area contributed by atoms with Gasteiger partial charge in [0.15, 0.2) is 0 Å². The standard InChI is InChI=1S/C12H24O4Si.C8H20O4Si.C2H6O.HPS/c1-9-7-11(3,4)15-17(13-9)14-10(2)8-12(5,6)16-17;1-5-9-13(10-6-2,11-7-3)12-8-4;1-2-3;1-2/h9-10H,7-8H2,1-6H3;5-8H2,1-4H3;3H,2H2,1H3;1H. The van der Waals surface area contributed by atoms with E-state index in [2.05, 4.69) is 61.4 Å². The summed E-state index contributed by atoms with van der Waals surface area (Å²) in [4.78, 5) is 0. The third-order valence-electron chi connectivity index (χ3n) is 4.34. The van der Waals surface area contributed by atoms with Gasteiger partial charge in [0.2, 0.25) is 0 Å². The molecule has 9 nitrogen and oxygen atoms in total. The maximum atomic E-state index is 7.57. The summed E-state index contributed by atoms with van der Waals surface area (Å²) in [5.41, 5.74) is -0.478. The molecule has 35 heavy (non-hydrogen) atoms. The van der Waals surface area contributed by atoms with Crippen molar-refractivity contribution in [2.75, 3.05) is 33.0 Å². The van der Waals surface area contributed by atoms with Crippen molar-refractivity contribution >= 4 is 37.9 Å². The zero-order valence-electron chi connectivity index (χ0n) is 23.7. The second kappa shape index (κ2) is 18.8. The molecule has 0 aliphatic carbocycles. The Morgan fingerprint density at radius 3 is 1.23 bits per heavy atom. The van der Waals surface area contributed by atoms with Gasteiger partial charge in [-0.25, -0.2) is 0 Å². The highest BCUT2D eigenvalue weighted by molar-refractivity contribution is 7.88. The minimum atomic E-state index is -2.97. The summed E-state index contributed by atoms with van der Waals surface area (Å²) >= 11 is 3.89. The van der Waals surface area contributed by atoms with Gasteiger partial charge >= 0.3 is 18.1 Å². The summed E-state index contributed by atoms with van der Waals surface area (Å²) in [6.07, 6.45) is 1.96. The minimum absolute atomic E-state index is 0.117. The van der Waals surface area contributed by atoms with Gasteiger partial charge in [-0.15, -0.1) is 0 Å². The van der Waals surface area contributed by atoms with Crippen LogP contribution in [0.4, 0.5) is 0 Å². The highest BCUT2D eigenvalue weighted by atomic mass is 32.4. The molecule has 2 rings (SSSR count). The Kier molecular flexibility index (Phi) is 20.3. The van der Waals surface area contributed by atoms with Crippen LogP contribution >= 0.6 is 8.02 Å². The van der Waals surface area contributed by atoms with Crippen molar-refractivity contribution in [1.82, 2.24) is 0 Å². The van der Waals surface area contributed by atoms with Crippen LogP contribution in [0.1, 0.15) is 89.0 Å². The normalized spacial score (nSPS) is 26.9. The van der Waals surface area contributed by atoms with Crippen molar-refractivity contribution in [3.05, 3.63) is 0 Å². The molecule has 2 atom stereocenters. The zero-order valence-corrected chi connectivity index (χ0v) is 27.5. The Morgan fingerprint density at radius 2 is 1.03 bits per heavy atom. The van der Waals surface area contributed by atoms with Crippen LogP contribution in [0.15, 0.2) is 0 Å². The maximum absolute atomic E-state index is 7.57. The van der Waals surface area contributed by atoms with Crippen LogP contribution in [0.5, 0.6) is 0 Å². The first-order chi connectivity index (χ1) is 16.3. The first-order valence-corrected chi connectivity index (χ1v) is 17.3. The molecular weight excluding hydrogens is 527 g/mol. The molecule has 2 aliphatic rings. The van der Waals surface area contributed by atoms with Gasteiger partial charge in [-0.1, -0.05) is 11.8 Å². The van der Waals surface area contributed by atoms with Crippen LogP contribution in [-0.2, 0) is 47.2 Å². The number of hydrogen-bond donors (Lipinski definition) is 1. The predicted octanol–water partition coefficient (Wildman–Crippen LogP) is 4.79. The van der Waals surface area contributed by atoms with E-state index in [9.17, 15) is 0 Å². The van der Waals surface area contributed by atoms with Gasteiger partial charge < -0.3 is 40.5 Å². The summed E-state index contributed by atoms with van der Waals surface area (Å²) in [5, 5.41) is 7.57. The van der Waals surface area contributed by atoms with E-state index >= 15 is 0 Å². The molecule has 0 amide bonds. The molecule has 0 bridgehead atoms. The van der Waals surface area contributed by atoms with Gasteiger partial charge in [0.1, 0.15) is 0 Å². The Balaban J connectivity index is 0. The van der Waals surface area contributed by atoms with E-state index in [4.69, 9.17) is 40.5 Å². The fourth-order valence-electron chi connectivity index (χ4n) is 3.82. The number of rotatable bonds is 8. The van der Waals surface area contributed by atoms with Crippen LogP contribution in [0, 0.1) is 0 Å². The molecule has 2 fully saturated rings. The molecule has 2 aliphatic heterocycles. The molecule has 2 saturated heterocycles. The van der Waals surface area contributed by atoms with Crippen molar-refractivity contribution in [3.63, 3.8) is 0 Å². The smallest absolute Gasteiger partial charge is 0.397 e. The second-order valence-electron chi connectivity index (χ2n) is 9.04. The van der Waals surface area contributed by atoms with Gasteiger partial charge in [-0.3, -0.25) is 0 Å². The Morgan fingerprint density at radius 1 is 0.771 bits per heavy atom. The molecule has 1 spiro atoms. The summed E-state index contributed by atoms with van der Waals surface area (Å²) in [7, 11) is -3.21. The average Bonchev–Trinajstić information content (AvgIpc) is 2.67. The first-order valence-electron chi connectivity index (χ1n) is 12.4. The van der Waals surface area contributed by atoms with Crippen LogP contribution in [0.3, 0.4) is 0 Å². The molecule has 1 N–H and O–H groups in total. The molecule has 2 heterocycles. The summed E-state index contributed by atoms with van der Waals surface area (Å²) in [6.45, 7) is 24.1. The molecule has 13 heteroatoms. The van der Waals surface area contributed by atoms with Crippen molar-refractivity contribution in [3.8, 4) is 0 Å². The van der Waals surface area contributed by atoms with Crippen molar-refractivity contribution in [2.24, 2.45) is 0 Å². The maximum Gasteiger partial charge on any atom is 0.681 e. The second-order valence-corrected chi connectivity index (χ2v) is 13.1. The highest BCUT2D eigenvalue weighted by Gasteiger charge is 2.60. The SMILES string of the molecule is CC1CC(C)(C)O[Si]2(O1)OC(C)CC(C)(C)O2.CCO.CCO[Si](OCC)(OCC)OCC.P=S. The Labute approximate surface area is 223 Å². The molecule has 212 valence electrons. The topological polar surface area (TPSA) is 94.1 Å². The molecule has 0 aromatic carbocycles. The van der Waals surface area contributed by atoms with E-state index in [1.165, 1.54) is 0 Å². The number of aliphatic hydroxyl groups is 1. The molecule has 2 unspecified atom stereocenters. The first kappa shape index (κ1) is 37.7. The molecular formula is C22H51O9PSSi2. The van der Waals surface area contributed by atoms with Crippen LogP contribution < -0.4 is 0 Å². The third-order valence-corrected chi connectivity index (χ3v) is 9.89. The molecule has 0 saturated carbocycles. The van der Waals surface area contributed by atoms with E-state index in [1.54, 1.807) is 6.92 Å². The summed E-state index contributed by atoms with van der Waals surface area (Å²) in [5.74, 6) is 0. The van der Waals surface area contributed by atoms with Crippen LogP contribution in [0.25, 0.3) is 0 Å². The van der Waals surface area contributed by atoms with Crippen LogP contribution in [0.2, 0.25) is 0 Å². The lowest BCUT2D eigenvalue weighted by Crippen LogP contribution is -2.66. The zero-order chi connectivity index (χ0) is 27.8. The number of aliphatic hydroxyl groups excluding tert-OH is 1. The largest absolute Gasteiger partial charge is 0.681 e. The Bertz CT molecular complexity index is 488. The van der Waals surface area contributed by atoms with E-state index in [0.29, 0.717) is 26.4 Å². The van der Waals surface area contributed by atoms with Crippen molar-refractivity contribution in [2.45, 2.75) is 112 Å². The monoisotopic (exact) mass is 578 g/mol. The van der Waals surface area contributed by atoms with Crippen LogP contribution in [-0.4, -0.2) is 79.6 Å². The van der Waals surface area contributed by atoms with Gasteiger partial charge in [-0.2, -0.15) is 0 Å². The summed E-state index contributed by atoms with van der Waals surface area (Å²) in [6, 6.07) is 0. The van der Waals surface area contributed by atoms with Gasteiger partial charge in [0.05, 0.1) is 23.4 Å². The third kappa shape index (κ3) is 15.6. The quantitative estimate of drug-likeness (QED) is 0.320. The van der Waals surface area contributed by atoms with Crippen molar-refractivity contribution < 1.29 is 40.5 Å². The molecule has 0 radical (unpaired) electrons. The summed E-state index contributed by atoms with van der Waals surface area (Å²) < 4.78 is 45.7. The molecule has 0 aromatic rings. The average molecular weight is 579 g/mol. The fourth-order valence-corrected chi connectivity index (χ4v) is 8.70. The minimum Gasteiger partial charge on any atom is -0.397 e. The van der Waals surface area contributed by atoms with Gasteiger partial charge in [0.25, 0.3) is 0 Å². The highest BCUT2D eigenvalue weighted by Crippen LogP contribution is 2.40. The molecule has 0 aromatic heterocycles. The fraction of sp³-hybridized carbons (Fsp3) is 1.00. The van der Waals surface area contributed by atoms with Gasteiger partial charge in [0, 0.05) is 33.0 Å². The Hall–Kier alpha value is 0.594. The van der Waals surface area contributed by atoms with E-state index < -0.39 is 18.1 Å². The predicted molar refractivity (Wildman–Crippen MR) is 147 cm³/mol. The lowest BCUT2D eigenvalue weighted by Gasteiger charge is -2.50. The lowest BCUT2D eigenvalue weighted by molar-refractivity contribution is -0.201. The lowest BCUT2D eigenvalue weighted by atomic mass is 10.0. The van der Waals surface area contributed by atoms with Crippen molar-refractivity contribution in [1.29, 1.82) is 0 Å². The number of hydrogen-bond acceptors (Lipinski definition) is 10. The van der Waals surface area contributed by atoms with E-state index in [0.717, 1.165) is 12.8 Å². The van der Waals surface area contributed by atoms with E-state index in [1.807, 2.05) is 27.7 Å². The van der Waals surface area contributed by atoms with Gasteiger partial charge in [-0.05, 0) is 97.0 Å².